The van der Waals surface area contributed by atoms with E-state index in [4.69, 9.17) is 4.74 Å². The molecule has 3 aromatic rings. The summed E-state index contributed by atoms with van der Waals surface area (Å²) < 4.78 is 8.94. The number of aryl methyl sites for hydroxylation is 1. The van der Waals surface area contributed by atoms with Crippen molar-refractivity contribution in [3.8, 4) is 5.82 Å². The van der Waals surface area contributed by atoms with Gasteiger partial charge in [-0.05, 0) is 23.5 Å². The molecule has 3 aromatic heterocycles. The molecule has 4 rings (SSSR count). The molecule has 1 fully saturated rings. The van der Waals surface area contributed by atoms with Crippen LogP contribution in [0.1, 0.15) is 11.8 Å². The van der Waals surface area contributed by atoms with E-state index in [1.165, 1.54) is 12.7 Å². The Bertz CT molecular complexity index is 928. The number of aromatic nitrogens is 5. The average Bonchev–Trinajstić information content (AvgIpc) is 3.16. The second-order valence-electron chi connectivity index (χ2n) is 6.04. The van der Waals surface area contributed by atoms with E-state index in [1.54, 1.807) is 4.57 Å². The van der Waals surface area contributed by atoms with E-state index in [-0.39, 0.29) is 139 Å². The number of hydrogen-bond donors (Lipinski definition) is 3. The smallest absolute Gasteiger partial charge is 0.359 e. The molecule has 0 aromatic carbocycles. The van der Waals surface area contributed by atoms with Crippen molar-refractivity contribution in [2.75, 3.05) is 6.61 Å². The van der Waals surface area contributed by atoms with Crippen LogP contribution in [0.4, 0.5) is 0 Å². The van der Waals surface area contributed by atoms with E-state index in [0.717, 1.165) is 5.56 Å². The van der Waals surface area contributed by atoms with Gasteiger partial charge in [0, 0.05) is 132 Å². The molecule has 12 heteroatoms. The molecule has 0 saturated carbocycles. The summed E-state index contributed by atoms with van der Waals surface area (Å²) >= 11 is 0. The van der Waals surface area contributed by atoms with Gasteiger partial charge in [0.05, 0.1) is 25.3 Å². The molecule has 139 valence electrons. The molecule has 4 unspecified atom stereocenters. The van der Waals surface area contributed by atoms with Gasteiger partial charge in [-0.15, -0.1) is 0 Å². The van der Waals surface area contributed by atoms with E-state index >= 15 is 0 Å². The van der Waals surface area contributed by atoms with Gasteiger partial charge >= 0.3 is 5.82 Å². The Morgan fingerprint density at radius 2 is 1.89 bits per heavy atom. The number of imidazole rings is 1. The maximum Gasteiger partial charge on any atom is 0.359 e. The minimum atomic E-state index is -1.19. The molecule has 9 nitrogen and oxygen atoms in total. The van der Waals surface area contributed by atoms with E-state index < -0.39 is 24.5 Å². The standard InChI is InChI=1S/C16H18N5O4.3Ac/c1-9-3-2-4-20(5-9)14-11-15(18-7-17-14)21(8-19-11)16-13(24)12(23)10(6-22)25-16;;;/h2-5,7-8,10,12-13,16,22-24H,6H2,1H3;;;/q+1;;;. The molecule has 0 aliphatic carbocycles. The maximum absolute atomic E-state index is 10.2. The van der Waals surface area contributed by atoms with Crippen LogP contribution in [0.2, 0.25) is 0 Å². The third kappa shape index (κ3) is 5.43. The molecule has 1 saturated heterocycles. The first-order valence-electron chi connectivity index (χ1n) is 7.88. The molecule has 1 aliphatic rings. The molecule has 3 N–H and O–H groups in total. The first kappa shape index (κ1) is 27.9. The second-order valence-corrected chi connectivity index (χ2v) is 6.04. The van der Waals surface area contributed by atoms with Crippen LogP contribution in [-0.2, 0) is 4.74 Å². The topological polar surface area (TPSA) is 117 Å². The number of pyridine rings is 1. The quantitative estimate of drug-likeness (QED) is 0.290. The summed E-state index contributed by atoms with van der Waals surface area (Å²) in [5, 5.41) is 29.4. The molecule has 28 heavy (non-hydrogen) atoms. The van der Waals surface area contributed by atoms with Crippen molar-refractivity contribution in [3.05, 3.63) is 42.7 Å². The third-order valence-corrected chi connectivity index (χ3v) is 4.32. The molecular weight excluding hydrogens is 1010 g/mol. The monoisotopic (exact) mass is 1030 g/mol. The Balaban J connectivity index is 0.00000131. The van der Waals surface area contributed by atoms with Crippen molar-refractivity contribution in [2.45, 2.75) is 31.5 Å². The van der Waals surface area contributed by atoms with Crippen LogP contribution in [0, 0.1) is 139 Å². The van der Waals surface area contributed by atoms with Crippen LogP contribution in [0.25, 0.3) is 17.0 Å². The largest absolute Gasteiger partial charge is 0.394 e. The first-order valence-corrected chi connectivity index (χ1v) is 7.88. The molecule has 3 radical (unpaired) electrons. The van der Waals surface area contributed by atoms with Crippen LogP contribution in [0.3, 0.4) is 0 Å². The maximum atomic E-state index is 10.2. The summed E-state index contributed by atoms with van der Waals surface area (Å²) in [6.07, 6.45) is 2.56. The number of ether oxygens (including phenoxy) is 1. The Labute approximate surface area is 269 Å². The Morgan fingerprint density at radius 1 is 1.14 bits per heavy atom. The van der Waals surface area contributed by atoms with Crippen LogP contribution in [-0.4, -0.2) is 59.8 Å². The summed E-state index contributed by atoms with van der Waals surface area (Å²) in [4.78, 5) is 12.9. The molecule has 0 bridgehead atoms. The van der Waals surface area contributed by atoms with Gasteiger partial charge in [-0.3, -0.25) is 4.57 Å². The zero-order chi connectivity index (χ0) is 17.6. The van der Waals surface area contributed by atoms with Gasteiger partial charge < -0.3 is 20.1 Å². The fourth-order valence-electron chi connectivity index (χ4n) is 3.05. The fourth-order valence-corrected chi connectivity index (χ4v) is 3.05. The zero-order valence-corrected chi connectivity index (χ0v) is 29.4. The van der Waals surface area contributed by atoms with Gasteiger partial charge in [-0.25, -0.2) is 9.55 Å². The van der Waals surface area contributed by atoms with Gasteiger partial charge in [0.25, 0.3) is 0 Å². The summed E-state index contributed by atoms with van der Waals surface area (Å²) in [5.74, 6) is 0.596. The van der Waals surface area contributed by atoms with Crippen LogP contribution < -0.4 is 4.57 Å². The number of nitrogens with zero attached hydrogens (tertiary/aromatic N) is 5. The summed E-state index contributed by atoms with van der Waals surface area (Å²) in [7, 11) is 0. The van der Waals surface area contributed by atoms with Crippen LogP contribution in [0.5, 0.6) is 0 Å². The Morgan fingerprint density at radius 3 is 2.54 bits per heavy atom. The van der Waals surface area contributed by atoms with Gasteiger partial charge in [0.2, 0.25) is 11.8 Å². The zero-order valence-electron chi connectivity index (χ0n) is 15.2. The molecule has 0 amide bonds. The van der Waals surface area contributed by atoms with Crippen molar-refractivity contribution in [1.82, 2.24) is 19.5 Å². The average molecular weight is 1030 g/mol. The normalized spacial score (nSPS) is 23.6. The molecule has 0 spiro atoms. The number of aliphatic hydroxyl groups excluding tert-OH is 3. The van der Waals surface area contributed by atoms with E-state index in [0.29, 0.717) is 17.0 Å². The van der Waals surface area contributed by atoms with E-state index in [2.05, 4.69) is 15.0 Å². The van der Waals surface area contributed by atoms with E-state index in [9.17, 15) is 15.3 Å². The minimum absolute atomic E-state index is 0. The van der Waals surface area contributed by atoms with Crippen molar-refractivity contribution in [2.24, 2.45) is 0 Å². The SMILES string of the molecule is Cc1ccc[n+](-c2ncnc3c2ncn3C2OC(CO)C(O)C2O)c1.[Ac].[Ac].[Ac]. The van der Waals surface area contributed by atoms with Crippen molar-refractivity contribution in [3.63, 3.8) is 0 Å². The number of hydrogen-bond acceptors (Lipinski definition) is 7. The number of rotatable bonds is 3. The molecular formula is C16H18Ac3N5O4+. The van der Waals surface area contributed by atoms with Crippen molar-refractivity contribution < 1.29 is 157 Å². The minimum Gasteiger partial charge on any atom is -0.394 e. The molecule has 1 aliphatic heterocycles. The number of fused-ring (bicyclic) bond motifs is 1. The molecule has 4 atom stereocenters. The fraction of sp³-hybridized carbons (Fsp3) is 0.375. The van der Waals surface area contributed by atoms with Crippen LogP contribution >= 0.6 is 0 Å². The predicted octanol–water partition coefficient (Wildman–Crippen LogP) is -0.977. The number of aliphatic hydroxyl groups is 3. The Hall–Kier alpha value is 1.86. The van der Waals surface area contributed by atoms with Gasteiger partial charge in [0.15, 0.2) is 11.9 Å². The Kier molecular flexibility index (Phi) is 12.2. The predicted molar refractivity (Wildman–Crippen MR) is 84.6 cm³/mol. The van der Waals surface area contributed by atoms with E-state index in [1.807, 2.05) is 36.0 Å². The summed E-state index contributed by atoms with van der Waals surface area (Å²) in [5.41, 5.74) is 2.07. The van der Waals surface area contributed by atoms with Gasteiger partial charge in [0.1, 0.15) is 18.3 Å². The van der Waals surface area contributed by atoms with Crippen LogP contribution in [0.15, 0.2) is 37.2 Å². The van der Waals surface area contributed by atoms with Crippen molar-refractivity contribution >= 4 is 11.2 Å². The van der Waals surface area contributed by atoms with Gasteiger partial charge in [-0.2, -0.15) is 4.98 Å². The van der Waals surface area contributed by atoms with Crippen molar-refractivity contribution in [1.29, 1.82) is 0 Å². The summed E-state index contributed by atoms with van der Waals surface area (Å²) in [6.45, 7) is 1.59. The second kappa shape index (κ2) is 12.2. The first-order chi connectivity index (χ1) is 12.1. The van der Waals surface area contributed by atoms with Gasteiger partial charge in [-0.1, -0.05) is 6.07 Å². The molecule has 4 heterocycles. The third-order valence-electron chi connectivity index (χ3n) is 4.32. The summed E-state index contributed by atoms with van der Waals surface area (Å²) in [6, 6.07) is 3.89.